The number of pyridine rings is 1. The molecule has 0 aliphatic carbocycles. The Hall–Kier alpha value is -4.40. The number of rotatable bonds is 8. The molecular formula is C25H26N4O5. The minimum atomic E-state index is -1.14. The van der Waals surface area contributed by atoms with Gasteiger partial charge in [-0.1, -0.05) is 42.5 Å². The smallest absolute Gasteiger partial charge is 0.407 e. The summed E-state index contributed by atoms with van der Waals surface area (Å²) < 4.78 is 4.77. The Morgan fingerprint density at radius 3 is 2.44 bits per heavy atom. The molecule has 3 N–H and O–H groups in total. The van der Waals surface area contributed by atoms with Crippen molar-refractivity contribution in [3.05, 3.63) is 78.5 Å². The van der Waals surface area contributed by atoms with Crippen molar-refractivity contribution in [1.82, 2.24) is 10.3 Å². The Balaban J connectivity index is 1.69. The van der Waals surface area contributed by atoms with Crippen LogP contribution in [0.2, 0.25) is 0 Å². The van der Waals surface area contributed by atoms with E-state index in [4.69, 9.17) is 4.74 Å². The third-order valence-electron chi connectivity index (χ3n) is 5.03. The maximum absolute atomic E-state index is 12.6. The Morgan fingerprint density at radius 1 is 1.03 bits per heavy atom. The van der Waals surface area contributed by atoms with Crippen molar-refractivity contribution in [2.24, 2.45) is 0 Å². The summed E-state index contributed by atoms with van der Waals surface area (Å²) >= 11 is 0. The summed E-state index contributed by atoms with van der Waals surface area (Å²) in [6.45, 7) is 1.81. The Kier molecular flexibility index (Phi) is 8.17. The van der Waals surface area contributed by atoms with Crippen molar-refractivity contribution in [2.75, 3.05) is 23.9 Å². The first-order valence-corrected chi connectivity index (χ1v) is 10.7. The van der Waals surface area contributed by atoms with E-state index in [9.17, 15) is 19.5 Å². The summed E-state index contributed by atoms with van der Waals surface area (Å²) in [5, 5.41) is 14.5. The molecule has 0 aliphatic rings. The van der Waals surface area contributed by atoms with Gasteiger partial charge in [-0.2, -0.15) is 0 Å². The lowest BCUT2D eigenvalue weighted by molar-refractivity contribution is -0.139. The van der Waals surface area contributed by atoms with E-state index in [1.807, 2.05) is 48.5 Å². The zero-order valence-electron chi connectivity index (χ0n) is 18.9. The number of ether oxygens (including phenoxy) is 1. The molecule has 1 heterocycles. The van der Waals surface area contributed by atoms with Gasteiger partial charge < -0.3 is 15.2 Å². The highest BCUT2D eigenvalue weighted by atomic mass is 16.5. The number of hydrogen-bond donors (Lipinski definition) is 3. The highest BCUT2D eigenvalue weighted by molar-refractivity contribution is 6.01. The average molecular weight is 463 g/mol. The van der Waals surface area contributed by atoms with Crippen LogP contribution in [0.5, 0.6) is 0 Å². The van der Waals surface area contributed by atoms with Gasteiger partial charge in [-0.3, -0.25) is 10.2 Å². The standard InChI is InChI=1S/C25H26N4O5/c1-3-34-25(33)27-21(23(30)31)15-17-10-12-18(13-11-17)19-7-6-8-20(16-19)29(2)24(32)28-22-9-4-5-14-26-22/h4-14,16,21H,3,15H2,1-2H3,(H,27,33)(H,30,31)(H,26,28,32)/t21-/m0/s1. The summed E-state index contributed by atoms with van der Waals surface area (Å²) in [4.78, 5) is 41.2. The molecular weight excluding hydrogens is 436 g/mol. The zero-order chi connectivity index (χ0) is 24.5. The number of hydrogen-bond acceptors (Lipinski definition) is 5. The monoisotopic (exact) mass is 462 g/mol. The molecule has 0 aliphatic heterocycles. The molecule has 0 saturated carbocycles. The maximum Gasteiger partial charge on any atom is 0.407 e. The average Bonchev–Trinajstić information content (AvgIpc) is 2.84. The van der Waals surface area contributed by atoms with Crippen molar-refractivity contribution in [3.8, 4) is 11.1 Å². The fourth-order valence-corrected chi connectivity index (χ4v) is 3.23. The van der Waals surface area contributed by atoms with Crippen molar-refractivity contribution in [2.45, 2.75) is 19.4 Å². The Morgan fingerprint density at radius 2 is 1.79 bits per heavy atom. The van der Waals surface area contributed by atoms with Gasteiger partial charge in [0.2, 0.25) is 0 Å². The van der Waals surface area contributed by atoms with Gasteiger partial charge >= 0.3 is 18.1 Å². The predicted octanol–water partition coefficient (Wildman–Crippen LogP) is 4.16. The summed E-state index contributed by atoms with van der Waals surface area (Å²) in [5.74, 6) is -0.681. The third kappa shape index (κ3) is 6.55. The van der Waals surface area contributed by atoms with Crippen LogP contribution in [-0.4, -0.2) is 47.9 Å². The van der Waals surface area contributed by atoms with Crippen molar-refractivity contribution >= 4 is 29.6 Å². The SMILES string of the molecule is CCOC(=O)N[C@@H](Cc1ccc(-c2cccc(N(C)C(=O)Nc3ccccn3)c2)cc1)C(=O)O. The first-order chi connectivity index (χ1) is 16.4. The van der Waals surface area contributed by atoms with Gasteiger partial charge in [0.05, 0.1) is 6.61 Å². The second-order valence-electron chi connectivity index (χ2n) is 7.41. The van der Waals surface area contributed by atoms with Crippen LogP contribution in [0.25, 0.3) is 11.1 Å². The van der Waals surface area contributed by atoms with Crippen LogP contribution in [0.1, 0.15) is 12.5 Å². The largest absolute Gasteiger partial charge is 0.480 e. The Labute approximate surface area is 197 Å². The molecule has 0 unspecified atom stereocenters. The van der Waals surface area contributed by atoms with Gasteiger partial charge in [-0.15, -0.1) is 0 Å². The molecule has 9 heteroatoms. The van der Waals surface area contributed by atoms with E-state index in [1.54, 1.807) is 38.4 Å². The lowest BCUT2D eigenvalue weighted by atomic mass is 10.00. The first kappa shape index (κ1) is 24.2. The summed E-state index contributed by atoms with van der Waals surface area (Å²) in [6.07, 6.45) is 0.954. The van der Waals surface area contributed by atoms with Crippen LogP contribution < -0.4 is 15.5 Å². The lowest BCUT2D eigenvalue weighted by Gasteiger charge is -2.19. The maximum atomic E-state index is 12.6. The number of amides is 3. The minimum Gasteiger partial charge on any atom is -0.480 e. The number of aliphatic carboxylic acids is 1. The molecule has 0 saturated heterocycles. The van der Waals surface area contributed by atoms with E-state index >= 15 is 0 Å². The topological polar surface area (TPSA) is 121 Å². The van der Waals surface area contributed by atoms with Crippen LogP contribution in [0, 0.1) is 0 Å². The number of carbonyl (C=O) groups excluding carboxylic acids is 2. The van der Waals surface area contributed by atoms with Crippen molar-refractivity contribution in [3.63, 3.8) is 0 Å². The number of benzene rings is 2. The molecule has 3 amide bonds. The normalized spacial score (nSPS) is 11.2. The van der Waals surface area contributed by atoms with E-state index in [0.29, 0.717) is 11.5 Å². The van der Waals surface area contributed by atoms with Crippen LogP contribution in [0.3, 0.4) is 0 Å². The van der Waals surface area contributed by atoms with Gasteiger partial charge in [0.1, 0.15) is 11.9 Å². The second-order valence-corrected chi connectivity index (χ2v) is 7.41. The van der Waals surface area contributed by atoms with E-state index in [0.717, 1.165) is 16.7 Å². The van der Waals surface area contributed by atoms with E-state index in [2.05, 4.69) is 15.6 Å². The number of nitrogens with zero attached hydrogens (tertiary/aromatic N) is 2. The number of urea groups is 1. The fraction of sp³-hybridized carbons (Fsp3) is 0.200. The van der Waals surface area contributed by atoms with Gasteiger partial charge in [0.25, 0.3) is 0 Å². The fourth-order valence-electron chi connectivity index (χ4n) is 3.23. The molecule has 34 heavy (non-hydrogen) atoms. The molecule has 9 nitrogen and oxygen atoms in total. The van der Waals surface area contributed by atoms with Gasteiger partial charge in [0, 0.05) is 25.4 Å². The molecule has 2 aromatic carbocycles. The number of anilines is 2. The van der Waals surface area contributed by atoms with Crippen LogP contribution in [0.15, 0.2) is 72.9 Å². The van der Waals surface area contributed by atoms with Crippen molar-refractivity contribution in [1.29, 1.82) is 0 Å². The number of carboxylic acids is 1. The number of aromatic nitrogens is 1. The quantitative estimate of drug-likeness (QED) is 0.462. The second kappa shape index (κ2) is 11.5. The highest BCUT2D eigenvalue weighted by Crippen LogP contribution is 2.25. The minimum absolute atomic E-state index is 0.116. The summed E-state index contributed by atoms with van der Waals surface area (Å²) in [7, 11) is 1.67. The van der Waals surface area contributed by atoms with Gasteiger partial charge in [0.15, 0.2) is 0 Å². The molecule has 0 bridgehead atoms. The molecule has 3 aromatic rings. The highest BCUT2D eigenvalue weighted by Gasteiger charge is 2.21. The van der Waals surface area contributed by atoms with E-state index in [-0.39, 0.29) is 19.1 Å². The van der Waals surface area contributed by atoms with Crippen molar-refractivity contribution < 1.29 is 24.2 Å². The molecule has 3 rings (SSSR count). The lowest BCUT2D eigenvalue weighted by Crippen LogP contribution is -2.42. The Bertz CT molecular complexity index is 1140. The van der Waals surface area contributed by atoms with E-state index < -0.39 is 18.1 Å². The van der Waals surface area contributed by atoms with E-state index in [1.165, 1.54) is 4.90 Å². The van der Waals surface area contributed by atoms with Gasteiger partial charge in [-0.05, 0) is 47.9 Å². The number of alkyl carbamates (subject to hydrolysis) is 1. The number of carboxylic acid groups (broad SMARTS) is 1. The summed E-state index contributed by atoms with van der Waals surface area (Å²) in [5.41, 5.74) is 3.23. The van der Waals surface area contributed by atoms with Crippen LogP contribution in [-0.2, 0) is 16.0 Å². The first-order valence-electron chi connectivity index (χ1n) is 10.7. The predicted molar refractivity (Wildman–Crippen MR) is 129 cm³/mol. The van der Waals surface area contributed by atoms with Gasteiger partial charge in [-0.25, -0.2) is 19.4 Å². The number of carbonyl (C=O) groups is 3. The molecule has 176 valence electrons. The number of nitrogens with one attached hydrogen (secondary N) is 2. The molecule has 1 atom stereocenters. The molecule has 1 aromatic heterocycles. The third-order valence-corrected chi connectivity index (χ3v) is 5.03. The molecule has 0 fully saturated rings. The van der Waals surface area contributed by atoms with Crippen LogP contribution in [0.4, 0.5) is 21.1 Å². The molecule has 0 spiro atoms. The van der Waals surface area contributed by atoms with Crippen LogP contribution >= 0.6 is 0 Å². The summed E-state index contributed by atoms with van der Waals surface area (Å²) in [6, 6.07) is 18.7. The molecule has 0 radical (unpaired) electrons. The zero-order valence-corrected chi connectivity index (χ0v) is 18.9.